The number of rotatable bonds is 5. The molecule has 0 spiro atoms. The molecule has 0 aliphatic carbocycles. The molecule has 0 unspecified atom stereocenters. The number of nitrogens with one attached hydrogen (secondary N) is 2. The van der Waals surface area contributed by atoms with Gasteiger partial charge in [-0.05, 0) is 30.5 Å². The Morgan fingerprint density at radius 3 is 2.73 bits per heavy atom. The van der Waals surface area contributed by atoms with E-state index in [2.05, 4.69) is 20.4 Å². The largest absolute Gasteiger partial charge is 0.326 e. The van der Waals surface area contributed by atoms with Gasteiger partial charge in [0.05, 0.1) is 17.9 Å². The van der Waals surface area contributed by atoms with Crippen LogP contribution in [0.1, 0.15) is 34.8 Å². The fourth-order valence-corrected chi connectivity index (χ4v) is 4.92. The molecule has 1 aromatic heterocycles. The summed E-state index contributed by atoms with van der Waals surface area (Å²) in [6, 6.07) is 2.05. The van der Waals surface area contributed by atoms with Crippen LogP contribution in [0.15, 0.2) is 18.3 Å². The summed E-state index contributed by atoms with van der Waals surface area (Å²) in [5.41, 5.74) is 9.35. The second kappa shape index (κ2) is 7.96. The van der Waals surface area contributed by atoms with E-state index in [1.807, 2.05) is 11.1 Å². The monoisotopic (exact) mass is 420 g/mol. The molecule has 30 heavy (non-hydrogen) atoms. The maximum absolute atomic E-state index is 14.8. The number of nitrogens with two attached hydrogens (primary N) is 1. The van der Waals surface area contributed by atoms with E-state index in [0.717, 1.165) is 18.8 Å². The Bertz CT molecular complexity index is 892. The Balaban J connectivity index is 1.22. The van der Waals surface area contributed by atoms with Gasteiger partial charge in [0.2, 0.25) is 0 Å². The molecule has 3 aliphatic heterocycles. The van der Waals surface area contributed by atoms with Crippen molar-refractivity contribution in [1.82, 2.24) is 25.3 Å². The number of halogens is 3. The van der Waals surface area contributed by atoms with Gasteiger partial charge in [0, 0.05) is 62.5 Å². The molecule has 4 N–H and O–H groups in total. The minimum atomic E-state index is -0.793. The van der Waals surface area contributed by atoms with Crippen LogP contribution >= 0.6 is 0 Å². The molecule has 3 atom stereocenters. The highest BCUT2D eigenvalue weighted by Crippen LogP contribution is 2.31. The maximum atomic E-state index is 14.8. The zero-order chi connectivity index (χ0) is 20.8. The van der Waals surface area contributed by atoms with Gasteiger partial charge in [0.15, 0.2) is 0 Å². The van der Waals surface area contributed by atoms with Crippen LogP contribution in [0.2, 0.25) is 0 Å². The number of nitrogens with zero attached hydrogens (tertiary/aromatic N) is 3. The minimum absolute atomic E-state index is 0.236. The van der Waals surface area contributed by atoms with Gasteiger partial charge in [-0.25, -0.2) is 13.2 Å². The highest BCUT2D eigenvalue weighted by Gasteiger charge is 2.36. The lowest BCUT2D eigenvalue weighted by Crippen LogP contribution is -2.54. The van der Waals surface area contributed by atoms with E-state index in [-0.39, 0.29) is 17.6 Å². The van der Waals surface area contributed by atoms with Crippen LogP contribution in [0.4, 0.5) is 13.2 Å². The van der Waals surface area contributed by atoms with Crippen LogP contribution in [-0.4, -0.2) is 64.4 Å². The van der Waals surface area contributed by atoms with Gasteiger partial charge in [-0.3, -0.25) is 14.9 Å². The maximum Gasteiger partial charge on any atom is 0.128 e. The van der Waals surface area contributed by atoms with E-state index in [1.54, 1.807) is 0 Å². The van der Waals surface area contributed by atoms with Gasteiger partial charge in [-0.15, -0.1) is 0 Å². The number of aromatic nitrogens is 2. The van der Waals surface area contributed by atoms with Gasteiger partial charge in [0.1, 0.15) is 17.8 Å². The van der Waals surface area contributed by atoms with E-state index < -0.39 is 23.8 Å². The van der Waals surface area contributed by atoms with Crippen LogP contribution in [0.25, 0.3) is 0 Å². The third-order valence-corrected chi connectivity index (χ3v) is 6.72. The van der Waals surface area contributed by atoms with Gasteiger partial charge in [0.25, 0.3) is 0 Å². The number of hydrogen-bond acceptors (Lipinski definition) is 5. The molecular weight excluding hydrogens is 393 g/mol. The summed E-state index contributed by atoms with van der Waals surface area (Å²) < 4.78 is 42.4. The van der Waals surface area contributed by atoms with Crippen LogP contribution in [0, 0.1) is 11.6 Å². The number of likely N-dealkylation sites (tertiary alicyclic amines) is 1. The molecule has 0 saturated carbocycles. The fourth-order valence-electron chi connectivity index (χ4n) is 4.92. The molecule has 9 heteroatoms. The molecular formula is C21H27F3N6. The molecule has 0 radical (unpaired) electrons. The lowest BCUT2D eigenvalue weighted by Gasteiger charge is -2.39. The van der Waals surface area contributed by atoms with E-state index in [0.29, 0.717) is 44.6 Å². The number of aromatic amines is 1. The van der Waals surface area contributed by atoms with E-state index in [1.165, 1.54) is 17.7 Å². The first-order chi connectivity index (χ1) is 14.5. The Morgan fingerprint density at radius 2 is 2.00 bits per heavy atom. The second-order valence-electron chi connectivity index (χ2n) is 8.79. The van der Waals surface area contributed by atoms with Crippen LogP contribution in [-0.2, 0) is 19.5 Å². The van der Waals surface area contributed by atoms with E-state index in [4.69, 9.17) is 5.73 Å². The van der Waals surface area contributed by atoms with Crippen molar-refractivity contribution in [1.29, 1.82) is 0 Å². The predicted octanol–water partition coefficient (Wildman–Crippen LogP) is 1.63. The lowest BCUT2D eigenvalue weighted by molar-refractivity contribution is 0.0668. The zero-order valence-electron chi connectivity index (χ0n) is 16.8. The highest BCUT2D eigenvalue weighted by molar-refractivity contribution is 5.30. The topological polar surface area (TPSA) is 73.2 Å². The average molecular weight is 420 g/mol. The molecule has 5 rings (SSSR count). The number of hydrogen-bond donors (Lipinski definition) is 3. The zero-order valence-corrected chi connectivity index (χ0v) is 16.8. The summed E-state index contributed by atoms with van der Waals surface area (Å²) >= 11 is 0. The van der Waals surface area contributed by atoms with Crippen LogP contribution in [0.5, 0.6) is 0 Å². The number of H-pyrrole nitrogens is 1. The minimum Gasteiger partial charge on any atom is -0.326 e. The molecule has 2 aromatic rings. The van der Waals surface area contributed by atoms with E-state index >= 15 is 0 Å². The molecule has 2 fully saturated rings. The SMILES string of the molecule is N[C@H]1C[C@@H](N2Cc3cn[nH]c3C2)CN[C@@H]1c1cc(F)c(CCN2CC(F)C2)cc1F. The highest BCUT2D eigenvalue weighted by atomic mass is 19.1. The molecule has 162 valence electrons. The van der Waals surface area contributed by atoms with Crippen LogP contribution in [0.3, 0.4) is 0 Å². The van der Waals surface area contributed by atoms with Gasteiger partial charge in [-0.1, -0.05) is 0 Å². The summed E-state index contributed by atoms with van der Waals surface area (Å²) in [4.78, 5) is 4.24. The first-order valence-corrected chi connectivity index (χ1v) is 10.6. The third-order valence-electron chi connectivity index (χ3n) is 6.72. The van der Waals surface area contributed by atoms with Gasteiger partial charge < -0.3 is 11.1 Å². The van der Waals surface area contributed by atoms with Gasteiger partial charge >= 0.3 is 0 Å². The summed E-state index contributed by atoms with van der Waals surface area (Å²) in [6.07, 6.45) is 2.13. The Hall–Kier alpha value is -1.94. The molecule has 4 heterocycles. The first kappa shape index (κ1) is 20.0. The summed E-state index contributed by atoms with van der Waals surface area (Å²) in [5.74, 6) is -0.864. The smallest absolute Gasteiger partial charge is 0.128 e. The van der Waals surface area contributed by atoms with Crippen molar-refractivity contribution in [2.45, 2.75) is 50.2 Å². The molecule has 0 amide bonds. The van der Waals surface area contributed by atoms with Crippen molar-refractivity contribution < 1.29 is 13.2 Å². The summed E-state index contributed by atoms with van der Waals surface area (Å²) in [7, 11) is 0. The first-order valence-electron chi connectivity index (χ1n) is 10.6. The predicted molar refractivity (Wildman–Crippen MR) is 106 cm³/mol. The van der Waals surface area contributed by atoms with E-state index in [9.17, 15) is 13.2 Å². The second-order valence-corrected chi connectivity index (χ2v) is 8.79. The molecule has 0 bridgehead atoms. The quantitative estimate of drug-likeness (QED) is 0.686. The van der Waals surface area contributed by atoms with Crippen molar-refractivity contribution in [3.05, 3.63) is 52.3 Å². The lowest BCUT2D eigenvalue weighted by atomic mass is 9.89. The van der Waals surface area contributed by atoms with Crippen molar-refractivity contribution >= 4 is 0 Å². The standard InChI is InChI=1S/C21H27F3N6/c22-14-9-29(10-14)2-1-12-3-18(24)16(5-17(12)23)21-19(25)4-15(7-26-21)30-8-13-6-27-28-20(13)11-30/h3,5-6,14-15,19,21,26H,1-2,4,7-11,25H2,(H,27,28)/t15-,19+,21-/m1/s1. The Kier molecular flexibility index (Phi) is 5.30. The summed E-state index contributed by atoms with van der Waals surface area (Å²) in [5, 5.41) is 10.4. The molecule has 6 nitrogen and oxygen atoms in total. The Morgan fingerprint density at radius 1 is 1.17 bits per heavy atom. The molecule has 2 saturated heterocycles. The van der Waals surface area contributed by atoms with Crippen molar-refractivity contribution in [2.75, 3.05) is 26.2 Å². The van der Waals surface area contributed by atoms with Gasteiger partial charge in [-0.2, -0.15) is 5.10 Å². The number of alkyl halides is 1. The molecule has 3 aliphatic rings. The number of benzene rings is 1. The molecule has 1 aromatic carbocycles. The fraction of sp³-hybridized carbons (Fsp3) is 0.571. The number of piperidine rings is 1. The van der Waals surface area contributed by atoms with Crippen molar-refractivity contribution in [3.8, 4) is 0 Å². The third kappa shape index (κ3) is 3.75. The van der Waals surface area contributed by atoms with Crippen LogP contribution < -0.4 is 11.1 Å². The summed E-state index contributed by atoms with van der Waals surface area (Å²) in [6.45, 7) is 3.58. The average Bonchev–Trinajstić information content (AvgIpc) is 3.29. The normalized spacial score (nSPS) is 27.9. The Labute approximate surface area is 173 Å². The number of fused-ring (bicyclic) bond motifs is 1. The van der Waals surface area contributed by atoms with Crippen molar-refractivity contribution in [2.24, 2.45) is 5.73 Å². The van der Waals surface area contributed by atoms with Crippen molar-refractivity contribution in [3.63, 3.8) is 0 Å².